The van der Waals surface area contributed by atoms with Crippen molar-refractivity contribution in [3.8, 4) is 0 Å². The number of nitrogens with zero attached hydrogens (tertiary/aromatic N) is 2. The highest BCUT2D eigenvalue weighted by Gasteiger charge is 2.16. The Balaban J connectivity index is 2.16. The summed E-state index contributed by atoms with van der Waals surface area (Å²) in [6, 6.07) is 7.30. The molecule has 1 N–H and O–H groups in total. The molecule has 0 aliphatic rings. The molecule has 0 aliphatic carbocycles. The third kappa shape index (κ3) is 3.92. The number of aryl methyl sites for hydroxylation is 1. The Bertz CT molecular complexity index is 787. The molecule has 8 heteroatoms. The van der Waals surface area contributed by atoms with Crippen molar-refractivity contribution < 1.29 is 19.2 Å². The highest BCUT2D eigenvalue weighted by atomic mass is 16.6. The van der Waals surface area contributed by atoms with E-state index in [9.17, 15) is 19.7 Å². The predicted molar refractivity (Wildman–Crippen MR) is 86.0 cm³/mol. The summed E-state index contributed by atoms with van der Waals surface area (Å²) in [5.41, 5.74) is 1.03. The van der Waals surface area contributed by atoms with E-state index in [1.807, 2.05) is 0 Å². The van der Waals surface area contributed by atoms with Gasteiger partial charge < -0.3 is 10.1 Å². The third-order valence-corrected chi connectivity index (χ3v) is 3.18. The number of carbonyl (C=O) groups is 2. The quantitative estimate of drug-likeness (QED) is 0.513. The summed E-state index contributed by atoms with van der Waals surface area (Å²) in [6.45, 7) is 3.57. The Morgan fingerprint density at radius 1 is 1.29 bits per heavy atom. The first-order valence-electron chi connectivity index (χ1n) is 7.12. The lowest BCUT2D eigenvalue weighted by molar-refractivity contribution is -0.385. The van der Waals surface area contributed by atoms with Crippen LogP contribution in [0.1, 0.15) is 33.3 Å². The first-order valence-corrected chi connectivity index (χ1v) is 7.12. The molecule has 1 aromatic carbocycles. The lowest BCUT2D eigenvalue weighted by Crippen LogP contribution is -2.14. The van der Waals surface area contributed by atoms with Crippen LogP contribution in [-0.2, 0) is 4.74 Å². The van der Waals surface area contributed by atoms with Crippen LogP contribution in [0.5, 0.6) is 0 Å². The number of hydrogen-bond acceptors (Lipinski definition) is 6. The minimum absolute atomic E-state index is 0.110. The van der Waals surface area contributed by atoms with Crippen molar-refractivity contribution in [3.63, 3.8) is 0 Å². The zero-order valence-electron chi connectivity index (χ0n) is 13.1. The van der Waals surface area contributed by atoms with Gasteiger partial charge in [0.2, 0.25) is 0 Å². The van der Waals surface area contributed by atoms with Crippen LogP contribution in [0.4, 0.5) is 11.4 Å². The zero-order chi connectivity index (χ0) is 17.7. The Morgan fingerprint density at radius 2 is 1.96 bits per heavy atom. The normalized spacial score (nSPS) is 10.1. The van der Waals surface area contributed by atoms with Crippen molar-refractivity contribution in [3.05, 3.63) is 63.5 Å². The highest BCUT2D eigenvalue weighted by Crippen LogP contribution is 2.17. The van der Waals surface area contributed by atoms with Gasteiger partial charge in [-0.1, -0.05) is 0 Å². The first-order chi connectivity index (χ1) is 11.4. The highest BCUT2D eigenvalue weighted by molar-refractivity contribution is 6.05. The largest absolute Gasteiger partial charge is 0.462 e. The molecule has 0 fully saturated rings. The van der Waals surface area contributed by atoms with E-state index in [4.69, 9.17) is 4.74 Å². The number of hydrogen-bond donors (Lipinski definition) is 1. The van der Waals surface area contributed by atoms with Crippen molar-refractivity contribution >= 4 is 23.3 Å². The van der Waals surface area contributed by atoms with Gasteiger partial charge in [0.1, 0.15) is 6.20 Å². The number of esters is 1. The SMILES string of the molecule is CCOC(=O)c1ccc(NC(=O)c2cc([N+](=O)[O-])cnc2C)cc1. The summed E-state index contributed by atoms with van der Waals surface area (Å²) in [5, 5.41) is 13.4. The van der Waals surface area contributed by atoms with E-state index in [1.165, 1.54) is 18.2 Å². The number of nitrogens with one attached hydrogen (secondary N) is 1. The molecule has 0 spiro atoms. The molecule has 124 valence electrons. The van der Waals surface area contributed by atoms with E-state index in [2.05, 4.69) is 10.3 Å². The summed E-state index contributed by atoms with van der Waals surface area (Å²) in [5.74, 6) is -0.971. The number of benzene rings is 1. The Hall–Kier alpha value is -3.29. The number of anilines is 1. The Labute approximate surface area is 137 Å². The molecular formula is C16H15N3O5. The van der Waals surface area contributed by atoms with E-state index in [-0.39, 0.29) is 17.9 Å². The average molecular weight is 329 g/mol. The minimum Gasteiger partial charge on any atom is -0.462 e. The maximum absolute atomic E-state index is 12.3. The molecule has 0 unspecified atom stereocenters. The van der Waals surface area contributed by atoms with Crippen LogP contribution in [0.3, 0.4) is 0 Å². The molecule has 0 aliphatic heterocycles. The molecule has 2 aromatic rings. The zero-order valence-corrected chi connectivity index (χ0v) is 13.1. The van der Waals surface area contributed by atoms with Crippen LogP contribution in [0, 0.1) is 17.0 Å². The van der Waals surface area contributed by atoms with E-state index in [0.29, 0.717) is 16.9 Å². The van der Waals surface area contributed by atoms with Gasteiger partial charge in [0.15, 0.2) is 0 Å². The van der Waals surface area contributed by atoms with Crippen LogP contribution >= 0.6 is 0 Å². The minimum atomic E-state index is -0.614. The number of ether oxygens (including phenoxy) is 1. The van der Waals surface area contributed by atoms with Crippen LogP contribution in [0.25, 0.3) is 0 Å². The van der Waals surface area contributed by atoms with E-state index < -0.39 is 16.8 Å². The maximum Gasteiger partial charge on any atom is 0.338 e. The maximum atomic E-state index is 12.3. The third-order valence-electron chi connectivity index (χ3n) is 3.18. The van der Waals surface area contributed by atoms with Gasteiger partial charge in [0.05, 0.1) is 28.4 Å². The van der Waals surface area contributed by atoms with Crippen LogP contribution in [0.15, 0.2) is 36.5 Å². The topological polar surface area (TPSA) is 111 Å². The fourth-order valence-electron chi connectivity index (χ4n) is 1.95. The molecule has 0 radical (unpaired) electrons. The number of carbonyl (C=O) groups excluding carboxylic acids is 2. The Morgan fingerprint density at radius 3 is 2.54 bits per heavy atom. The van der Waals surface area contributed by atoms with Gasteiger partial charge in [-0.15, -0.1) is 0 Å². The lowest BCUT2D eigenvalue weighted by atomic mass is 10.1. The van der Waals surface area contributed by atoms with Crippen molar-refractivity contribution in [2.45, 2.75) is 13.8 Å². The fraction of sp³-hybridized carbons (Fsp3) is 0.188. The molecular weight excluding hydrogens is 314 g/mol. The van der Waals surface area contributed by atoms with Crippen LogP contribution in [-0.4, -0.2) is 28.4 Å². The van der Waals surface area contributed by atoms with Gasteiger partial charge in [-0.2, -0.15) is 0 Å². The van der Waals surface area contributed by atoms with E-state index in [0.717, 1.165) is 6.20 Å². The van der Waals surface area contributed by atoms with Gasteiger partial charge in [0, 0.05) is 11.8 Å². The predicted octanol–water partition coefficient (Wildman–Crippen LogP) is 2.73. The van der Waals surface area contributed by atoms with Crippen molar-refractivity contribution in [2.75, 3.05) is 11.9 Å². The average Bonchev–Trinajstić information content (AvgIpc) is 2.55. The summed E-state index contributed by atoms with van der Waals surface area (Å²) in [7, 11) is 0. The van der Waals surface area contributed by atoms with Crippen LogP contribution in [0.2, 0.25) is 0 Å². The molecule has 0 saturated heterocycles. The standard InChI is InChI=1S/C16H15N3O5/c1-3-24-16(21)11-4-6-12(7-5-11)18-15(20)14-8-13(19(22)23)9-17-10(14)2/h4-9H,3H2,1-2H3,(H,18,20). The van der Waals surface area contributed by atoms with E-state index >= 15 is 0 Å². The lowest BCUT2D eigenvalue weighted by Gasteiger charge is -2.08. The first kappa shape index (κ1) is 17.1. The van der Waals surface area contributed by atoms with Crippen molar-refractivity contribution in [1.29, 1.82) is 0 Å². The number of rotatable bonds is 5. The summed E-state index contributed by atoms with van der Waals surface area (Å²) < 4.78 is 4.87. The summed E-state index contributed by atoms with van der Waals surface area (Å²) >= 11 is 0. The Kier molecular flexibility index (Phi) is 5.20. The second-order valence-electron chi connectivity index (χ2n) is 4.84. The summed E-state index contributed by atoms with van der Waals surface area (Å²) in [6.07, 6.45) is 1.10. The number of nitro groups is 1. The number of pyridine rings is 1. The molecule has 0 bridgehead atoms. The molecule has 0 saturated carbocycles. The number of aromatic nitrogens is 1. The smallest absolute Gasteiger partial charge is 0.338 e. The summed E-state index contributed by atoms with van der Waals surface area (Å²) in [4.78, 5) is 37.9. The fourth-order valence-corrected chi connectivity index (χ4v) is 1.95. The molecule has 1 amide bonds. The van der Waals surface area contributed by atoms with Crippen molar-refractivity contribution in [1.82, 2.24) is 4.98 Å². The molecule has 1 heterocycles. The van der Waals surface area contributed by atoms with Gasteiger partial charge in [-0.25, -0.2) is 4.79 Å². The molecule has 24 heavy (non-hydrogen) atoms. The van der Waals surface area contributed by atoms with Crippen molar-refractivity contribution in [2.24, 2.45) is 0 Å². The monoisotopic (exact) mass is 329 g/mol. The molecule has 2 rings (SSSR count). The molecule has 8 nitrogen and oxygen atoms in total. The van der Waals surface area contributed by atoms with Crippen LogP contribution < -0.4 is 5.32 Å². The second-order valence-corrected chi connectivity index (χ2v) is 4.84. The number of amides is 1. The van der Waals surface area contributed by atoms with Gasteiger partial charge >= 0.3 is 5.97 Å². The molecule has 1 aromatic heterocycles. The van der Waals surface area contributed by atoms with Gasteiger partial charge in [-0.05, 0) is 38.1 Å². The van der Waals surface area contributed by atoms with E-state index in [1.54, 1.807) is 26.0 Å². The van der Waals surface area contributed by atoms with Gasteiger partial charge in [0.25, 0.3) is 11.6 Å². The second kappa shape index (κ2) is 7.32. The van der Waals surface area contributed by atoms with Gasteiger partial charge in [-0.3, -0.25) is 19.9 Å². The molecule has 0 atom stereocenters.